The molecule has 0 aliphatic rings. The standard InChI is InChI=1S/C23H21ClN2O3/c24-21-9-5-4-8-19(21)12-15-22(27)25-26-23(28)16-29-20-13-10-18(11-14-20)17-6-2-1-3-7-17/h1-11,13-14H,12,15-16H2,(H,25,27)(H,26,28). The first-order chi connectivity index (χ1) is 14.1. The molecule has 29 heavy (non-hydrogen) atoms. The number of carbonyl (C=O) groups is 2. The molecule has 0 saturated heterocycles. The Kier molecular flexibility index (Phi) is 7.25. The number of nitrogens with one attached hydrogen (secondary N) is 2. The summed E-state index contributed by atoms with van der Waals surface area (Å²) in [6.07, 6.45) is 0.706. The molecule has 148 valence electrons. The zero-order valence-corrected chi connectivity index (χ0v) is 16.5. The summed E-state index contributed by atoms with van der Waals surface area (Å²) in [7, 11) is 0. The van der Waals surface area contributed by atoms with E-state index in [0.29, 0.717) is 17.2 Å². The molecule has 0 saturated carbocycles. The zero-order chi connectivity index (χ0) is 20.5. The normalized spacial score (nSPS) is 10.2. The van der Waals surface area contributed by atoms with Crippen LogP contribution in [0.4, 0.5) is 0 Å². The maximum absolute atomic E-state index is 11.9. The third-order valence-electron chi connectivity index (χ3n) is 4.25. The van der Waals surface area contributed by atoms with Crippen molar-refractivity contribution < 1.29 is 14.3 Å². The summed E-state index contributed by atoms with van der Waals surface area (Å²) in [4.78, 5) is 23.7. The lowest BCUT2D eigenvalue weighted by molar-refractivity contribution is -0.130. The molecule has 3 rings (SSSR count). The van der Waals surface area contributed by atoms with Gasteiger partial charge in [0.05, 0.1) is 0 Å². The summed E-state index contributed by atoms with van der Waals surface area (Å²) in [5.41, 5.74) is 7.78. The lowest BCUT2D eigenvalue weighted by Crippen LogP contribution is -2.43. The number of ether oxygens (including phenoxy) is 1. The van der Waals surface area contributed by atoms with Crippen molar-refractivity contribution in [3.8, 4) is 16.9 Å². The highest BCUT2D eigenvalue weighted by atomic mass is 35.5. The third-order valence-corrected chi connectivity index (χ3v) is 4.62. The van der Waals surface area contributed by atoms with Crippen molar-refractivity contribution in [3.05, 3.63) is 89.4 Å². The molecule has 0 atom stereocenters. The Morgan fingerprint density at radius 2 is 1.38 bits per heavy atom. The van der Waals surface area contributed by atoms with Crippen LogP contribution in [0.1, 0.15) is 12.0 Å². The van der Waals surface area contributed by atoms with Gasteiger partial charge in [-0.2, -0.15) is 0 Å². The Morgan fingerprint density at radius 3 is 2.10 bits per heavy atom. The van der Waals surface area contributed by atoms with E-state index in [9.17, 15) is 9.59 Å². The van der Waals surface area contributed by atoms with Gasteiger partial charge < -0.3 is 4.74 Å². The number of amides is 2. The van der Waals surface area contributed by atoms with Gasteiger partial charge in [0.1, 0.15) is 5.75 Å². The predicted molar refractivity (Wildman–Crippen MR) is 113 cm³/mol. The van der Waals surface area contributed by atoms with Crippen molar-refractivity contribution in [2.45, 2.75) is 12.8 Å². The number of hydrogen-bond acceptors (Lipinski definition) is 3. The van der Waals surface area contributed by atoms with Crippen molar-refractivity contribution in [2.24, 2.45) is 0 Å². The van der Waals surface area contributed by atoms with Crippen LogP contribution >= 0.6 is 11.6 Å². The van der Waals surface area contributed by atoms with Crippen molar-refractivity contribution >= 4 is 23.4 Å². The minimum atomic E-state index is -0.441. The van der Waals surface area contributed by atoms with E-state index < -0.39 is 5.91 Å². The maximum Gasteiger partial charge on any atom is 0.276 e. The molecule has 0 aliphatic carbocycles. The van der Waals surface area contributed by atoms with Crippen LogP contribution in [-0.2, 0) is 16.0 Å². The molecule has 2 N–H and O–H groups in total. The summed E-state index contributed by atoms with van der Waals surface area (Å²) in [5.74, 6) is -0.168. The lowest BCUT2D eigenvalue weighted by atomic mass is 10.1. The van der Waals surface area contributed by atoms with E-state index in [1.165, 1.54) is 0 Å². The van der Waals surface area contributed by atoms with Crippen LogP contribution in [0.2, 0.25) is 5.02 Å². The second-order valence-corrected chi connectivity index (χ2v) is 6.77. The number of halogens is 1. The summed E-state index contributed by atoms with van der Waals surface area (Å²) in [6, 6.07) is 24.8. The highest BCUT2D eigenvalue weighted by Crippen LogP contribution is 2.22. The Hall–Kier alpha value is -3.31. The largest absolute Gasteiger partial charge is 0.484 e. The fraction of sp³-hybridized carbons (Fsp3) is 0.130. The molecule has 3 aromatic carbocycles. The van der Waals surface area contributed by atoms with Gasteiger partial charge in [-0.25, -0.2) is 0 Å². The molecule has 0 bridgehead atoms. The first-order valence-electron chi connectivity index (χ1n) is 9.21. The molecule has 0 heterocycles. The maximum atomic E-state index is 11.9. The van der Waals surface area contributed by atoms with E-state index in [1.54, 1.807) is 18.2 Å². The minimum absolute atomic E-state index is 0.199. The fourth-order valence-electron chi connectivity index (χ4n) is 2.71. The smallest absolute Gasteiger partial charge is 0.276 e. The monoisotopic (exact) mass is 408 g/mol. The second-order valence-electron chi connectivity index (χ2n) is 6.37. The van der Waals surface area contributed by atoms with Gasteiger partial charge in [-0.3, -0.25) is 20.4 Å². The van der Waals surface area contributed by atoms with Crippen molar-refractivity contribution in [2.75, 3.05) is 6.61 Å². The van der Waals surface area contributed by atoms with Crippen LogP contribution < -0.4 is 15.6 Å². The first kappa shape index (κ1) is 20.4. The number of rotatable bonds is 7. The van der Waals surface area contributed by atoms with Gasteiger partial charge in [0.15, 0.2) is 6.61 Å². The van der Waals surface area contributed by atoms with Gasteiger partial charge in [0.25, 0.3) is 5.91 Å². The van der Waals surface area contributed by atoms with Crippen LogP contribution in [0.15, 0.2) is 78.9 Å². The molecule has 0 aromatic heterocycles. The van der Waals surface area contributed by atoms with E-state index in [-0.39, 0.29) is 18.9 Å². The summed E-state index contributed by atoms with van der Waals surface area (Å²) in [5, 5.41) is 0.621. The molecule has 0 spiro atoms. The Labute approximate surface area is 174 Å². The predicted octanol–water partition coefficient (Wildman–Crippen LogP) is 4.17. The molecule has 6 heteroatoms. The van der Waals surface area contributed by atoms with Gasteiger partial charge in [-0.05, 0) is 41.3 Å². The lowest BCUT2D eigenvalue weighted by Gasteiger charge is -2.10. The van der Waals surface area contributed by atoms with E-state index in [4.69, 9.17) is 16.3 Å². The van der Waals surface area contributed by atoms with Crippen molar-refractivity contribution in [1.29, 1.82) is 0 Å². The summed E-state index contributed by atoms with van der Waals surface area (Å²) < 4.78 is 5.46. The quantitative estimate of drug-likeness (QED) is 0.577. The number of benzene rings is 3. The van der Waals surface area contributed by atoms with Crippen LogP contribution in [0.25, 0.3) is 11.1 Å². The van der Waals surface area contributed by atoms with E-state index in [1.807, 2.05) is 60.7 Å². The summed E-state index contributed by atoms with van der Waals surface area (Å²) >= 11 is 6.06. The molecular formula is C23H21ClN2O3. The third kappa shape index (κ3) is 6.36. The Balaban J connectivity index is 1.38. The topological polar surface area (TPSA) is 67.4 Å². The van der Waals surface area contributed by atoms with Crippen LogP contribution in [-0.4, -0.2) is 18.4 Å². The highest BCUT2D eigenvalue weighted by molar-refractivity contribution is 6.31. The SMILES string of the molecule is O=C(CCc1ccccc1Cl)NNC(=O)COc1ccc(-c2ccccc2)cc1. The molecule has 0 fully saturated rings. The number of aryl methyl sites for hydroxylation is 1. The van der Waals surface area contributed by atoms with E-state index in [2.05, 4.69) is 10.9 Å². The fourth-order valence-corrected chi connectivity index (χ4v) is 2.94. The van der Waals surface area contributed by atoms with Gasteiger partial charge in [-0.1, -0.05) is 72.3 Å². The molecule has 5 nitrogen and oxygen atoms in total. The van der Waals surface area contributed by atoms with E-state index in [0.717, 1.165) is 16.7 Å². The molecule has 3 aromatic rings. The van der Waals surface area contributed by atoms with Crippen LogP contribution in [0, 0.1) is 0 Å². The molecule has 0 aliphatic heterocycles. The van der Waals surface area contributed by atoms with Crippen LogP contribution in [0.3, 0.4) is 0 Å². The van der Waals surface area contributed by atoms with Gasteiger partial charge in [0.2, 0.25) is 5.91 Å². The summed E-state index contributed by atoms with van der Waals surface area (Å²) in [6.45, 7) is -0.199. The molecule has 0 unspecified atom stereocenters. The van der Waals surface area contributed by atoms with E-state index >= 15 is 0 Å². The van der Waals surface area contributed by atoms with Crippen molar-refractivity contribution in [3.63, 3.8) is 0 Å². The zero-order valence-electron chi connectivity index (χ0n) is 15.7. The highest BCUT2D eigenvalue weighted by Gasteiger charge is 2.08. The second kappa shape index (κ2) is 10.3. The van der Waals surface area contributed by atoms with Crippen molar-refractivity contribution in [1.82, 2.24) is 10.9 Å². The molecular weight excluding hydrogens is 388 g/mol. The minimum Gasteiger partial charge on any atom is -0.484 e. The average molecular weight is 409 g/mol. The van der Waals surface area contributed by atoms with Gasteiger partial charge >= 0.3 is 0 Å². The number of carbonyl (C=O) groups excluding carboxylic acids is 2. The average Bonchev–Trinajstić information content (AvgIpc) is 2.76. The van der Waals surface area contributed by atoms with Gasteiger partial charge in [-0.15, -0.1) is 0 Å². The Morgan fingerprint density at radius 1 is 0.759 bits per heavy atom. The van der Waals surface area contributed by atoms with Gasteiger partial charge in [0, 0.05) is 11.4 Å². The number of hydrazine groups is 1. The number of hydrogen-bond donors (Lipinski definition) is 2. The molecule has 0 radical (unpaired) electrons. The molecule has 2 amide bonds. The van der Waals surface area contributed by atoms with Crippen LogP contribution in [0.5, 0.6) is 5.75 Å². The Bertz CT molecular complexity index is 959. The first-order valence-corrected chi connectivity index (χ1v) is 9.59.